The predicted molar refractivity (Wildman–Crippen MR) is 113 cm³/mol. The van der Waals surface area contributed by atoms with E-state index in [9.17, 15) is 15.0 Å². The normalized spacial score (nSPS) is 15.8. The standard InChI is InChI=1S/C23H32N2O4/c1-23(2,3)29-22(28)25-19(15-17-12-8-5-9-13-17)21(27)20(26)18(24)14-16-10-6-4-7-11-16/h4-13,18-21,26-27H,14-15,24H2,1-3H3,(H,25,28). The number of hydrogen-bond donors (Lipinski definition) is 4. The van der Waals surface area contributed by atoms with Gasteiger partial charge in [-0.3, -0.25) is 0 Å². The average molecular weight is 401 g/mol. The highest BCUT2D eigenvalue weighted by Gasteiger charge is 2.32. The lowest BCUT2D eigenvalue weighted by Gasteiger charge is -2.31. The van der Waals surface area contributed by atoms with Crippen molar-refractivity contribution in [1.82, 2.24) is 5.32 Å². The molecule has 0 saturated carbocycles. The highest BCUT2D eigenvalue weighted by molar-refractivity contribution is 5.68. The Hall–Kier alpha value is -2.41. The van der Waals surface area contributed by atoms with E-state index in [2.05, 4.69) is 5.32 Å². The van der Waals surface area contributed by atoms with Crippen molar-refractivity contribution < 1.29 is 19.7 Å². The molecule has 0 fully saturated rings. The van der Waals surface area contributed by atoms with E-state index in [1.165, 1.54) is 0 Å². The number of alkyl carbamates (subject to hydrolysis) is 1. The monoisotopic (exact) mass is 400 g/mol. The number of aliphatic hydroxyl groups is 2. The second kappa shape index (κ2) is 10.4. The number of hydrogen-bond acceptors (Lipinski definition) is 5. The van der Waals surface area contributed by atoms with Crippen molar-refractivity contribution in [2.75, 3.05) is 0 Å². The van der Waals surface area contributed by atoms with Gasteiger partial charge in [-0.1, -0.05) is 60.7 Å². The van der Waals surface area contributed by atoms with Crippen LogP contribution in [0, 0.1) is 0 Å². The molecule has 4 unspecified atom stereocenters. The van der Waals surface area contributed by atoms with Crippen LogP contribution >= 0.6 is 0 Å². The Kier molecular flexibility index (Phi) is 8.20. The summed E-state index contributed by atoms with van der Waals surface area (Å²) in [6, 6.07) is 17.5. The Balaban J connectivity index is 2.11. The number of rotatable bonds is 8. The molecule has 29 heavy (non-hydrogen) atoms. The number of benzene rings is 2. The molecule has 2 rings (SSSR count). The Morgan fingerprint density at radius 1 is 0.931 bits per heavy atom. The SMILES string of the molecule is CC(C)(C)OC(=O)NC(Cc1ccccc1)C(O)C(O)C(N)Cc1ccccc1. The maximum atomic E-state index is 12.3. The Bertz CT molecular complexity index is 746. The molecule has 0 aromatic heterocycles. The largest absolute Gasteiger partial charge is 0.444 e. The van der Waals surface area contributed by atoms with Crippen LogP contribution in [0.25, 0.3) is 0 Å². The van der Waals surface area contributed by atoms with E-state index in [4.69, 9.17) is 10.5 Å². The maximum Gasteiger partial charge on any atom is 0.407 e. The van der Waals surface area contributed by atoms with E-state index in [1.54, 1.807) is 20.8 Å². The first-order valence-corrected chi connectivity index (χ1v) is 9.85. The summed E-state index contributed by atoms with van der Waals surface area (Å²) in [5.74, 6) is 0. The van der Waals surface area contributed by atoms with Gasteiger partial charge >= 0.3 is 6.09 Å². The molecule has 0 aliphatic carbocycles. The molecule has 6 heteroatoms. The van der Waals surface area contributed by atoms with Gasteiger partial charge in [-0.15, -0.1) is 0 Å². The van der Waals surface area contributed by atoms with E-state index in [0.29, 0.717) is 12.8 Å². The van der Waals surface area contributed by atoms with Gasteiger partial charge in [0.05, 0.1) is 12.1 Å². The molecule has 2 aromatic carbocycles. The molecule has 5 N–H and O–H groups in total. The average Bonchev–Trinajstić information content (AvgIpc) is 2.66. The van der Waals surface area contributed by atoms with E-state index in [0.717, 1.165) is 11.1 Å². The van der Waals surface area contributed by atoms with E-state index < -0.39 is 36.0 Å². The van der Waals surface area contributed by atoms with Crippen molar-refractivity contribution in [2.24, 2.45) is 5.73 Å². The topological polar surface area (TPSA) is 105 Å². The molecule has 0 radical (unpaired) electrons. The van der Waals surface area contributed by atoms with Crippen LogP contribution in [0.15, 0.2) is 60.7 Å². The van der Waals surface area contributed by atoms with Gasteiger partial charge in [0.2, 0.25) is 0 Å². The van der Waals surface area contributed by atoms with Crippen molar-refractivity contribution in [3.63, 3.8) is 0 Å². The van der Waals surface area contributed by atoms with Crippen LogP contribution in [0.4, 0.5) is 4.79 Å². The zero-order valence-corrected chi connectivity index (χ0v) is 17.3. The van der Waals surface area contributed by atoms with Gasteiger partial charge < -0.3 is 26.0 Å². The summed E-state index contributed by atoms with van der Waals surface area (Å²) < 4.78 is 5.32. The summed E-state index contributed by atoms with van der Waals surface area (Å²) in [5.41, 5.74) is 7.37. The first-order chi connectivity index (χ1) is 13.7. The summed E-state index contributed by atoms with van der Waals surface area (Å²) in [7, 11) is 0. The number of carbonyl (C=O) groups excluding carboxylic acids is 1. The van der Waals surface area contributed by atoms with Crippen molar-refractivity contribution in [3.05, 3.63) is 71.8 Å². The second-order valence-corrected chi connectivity index (χ2v) is 8.28. The zero-order chi connectivity index (χ0) is 21.4. The minimum atomic E-state index is -1.26. The smallest absolute Gasteiger partial charge is 0.407 e. The molecule has 6 nitrogen and oxygen atoms in total. The fourth-order valence-electron chi connectivity index (χ4n) is 3.08. The first kappa shape index (κ1) is 22.9. The second-order valence-electron chi connectivity index (χ2n) is 8.28. The third kappa shape index (κ3) is 7.85. The quantitative estimate of drug-likeness (QED) is 0.545. The highest BCUT2D eigenvalue weighted by atomic mass is 16.6. The summed E-state index contributed by atoms with van der Waals surface area (Å²) in [6.07, 6.45) is -2.40. The predicted octanol–water partition coefficient (Wildman–Crippen LogP) is 2.41. The molecule has 0 bridgehead atoms. The fourth-order valence-corrected chi connectivity index (χ4v) is 3.08. The number of ether oxygens (including phenoxy) is 1. The van der Waals surface area contributed by atoms with Crippen LogP contribution in [0.3, 0.4) is 0 Å². The molecular weight excluding hydrogens is 368 g/mol. The molecule has 2 aromatic rings. The number of amides is 1. The molecular formula is C23H32N2O4. The van der Waals surface area contributed by atoms with E-state index in [-0.39, 0.29) is 0 Å². The van der Waals surface area contributed by atoms with Crippen LogP contribution in [0.1, 0.15) is 31.9 Å². The lowest BCUT2D eigenvalue weighted by Crippen LogP contribution is -2.55. The van der Waals surface area contributed by atoms with Crippen LogP contribution in [-0.4, -0.2) is 46.2 Å². The van der Waals surface area contributed by atoms with Crippen LogP contribution < -0.4 is 11.1 Å². The molecule has 0 aliphatic rings. The van der Waals surface area contributed by atoms with Crippen molar-refractivity contribution in [1.29, 1.82) is 0 Å². The highest BCUT2D eigenvalue weighted by Crippen LogP contribution is 2.15. The summed E-state index contributed by atoms with van der Waals surface area (Å²) in [5, 5.41) is 24.2. The Morgan fingerprint density at radius 2 is 1.41 bits per heavy atom. The van der Waals surface area contributed by atoms with Crippen LogP contribution in [-0.2, 0) is 17.6 Å². The minimum Gasteiger partial charge on any atom is -0.444 e. The van der Waals surface area contributed by atoms with E-state index in [1.807, 2.05) is 60.7 Å². The summed E-state index contributed by atoms with van der Waals surface area (Å²) in [6.45, 7) is 5.29. The number of nitrogens with one attached hydrogen (secondary N) is 1. The molecule has 1 amide bonds. The molecule has 4 atom stereocenters. The van der Waals surface area contributed by atoms with Gasteiger partial charge in [-0.2, -0.15) is 0 Å². The van der Waals surface area contributed by atoms with Gasteiger partial charge in [0, 0.05) is 6.04 Å². The Labute approximate surface area is 172 Å². The lowest BCUT2D eigenvalue weighted by molar-refractivity contribution is -0.0205. The summed E-state index contributed by atoms with van der Waals surface area (Å²) >= 11 is 0. The fraction of sp³-hybridized carbons (Fsp3) is 0.435. The van der Waals surface area contributed by atoms with Crippen LogP contribution in [0.2, 0.25) is 0 Å². The van der Waals surface area contributed by atoms with Gasteiger partial charge in [-0.25, -0.2) is 4.79 Å². The maximum absolute atomic E-state index is 12.3. The summed E-state index contributed by atoms with van der Waals surface area (Å²) in [4.78, 5) is 12.3. The van der Waals surface area contributed by atoms with E-state index >= 15 is 0 Å². The molecule has 158 valence electrons. The first-order valence-electron chi connectivity index (χ1n) is 9.85. The lowest BCUT2D eigenvalue weighted by atomic mass is 9.92. The van der Waals surface area contributed by atoms with Crippen molar-refractivity contribution >= 4 is 6.09 Å². The Morgan fingerprint density at radius 3 is 1.90 bits per heavy atom. The van der Waals surface area contributed by atoms with Crippen molar-refractivity contribution in [2.45, 2.75) is 63.5 Å². The van der Waals surface area contributed by atoms with Crippen molar-refractivity contribution in [3.8, 4) is 0 Å². The third-order valence-corrected chi connectivity index (χ3v) is 4.52. The number of carbonyl (C=O) groups is 1. The van der Waals surface area contributed by atoms with Gasteiger partial charge in [0.25, 0.3) is 0 Å². The third-order valence-electron chi connectivity index (χ3n) is 4.52. The molecule has 0 spiro atoms. The molecule has 0 heterocycles. The van der Waals surface area contributed by atoms with Gasteiger partial charge in [0.15, 0.2) is 0 Å². The van der Waals surface area contributed by atoms with Gasteiger partial charge in [-0.05, 0) is 44.7 Å². The number of nitrogens with two attached hydrogens (primary N) is 1. The minimum absolute atomic E-state index is 0.330. The van der Waals surface area contributed by atoms with Crippen LogP contribution in [0.5, 0.6) is 0 Å². The zero-order valence-electron chi connectivity index (χ0n) is 17.3. The molecule has 0 aliphatic heterocycles. The molecule has 0 saturated heterocycles. The van der Waals surface area contributed by atoms with Gasteiger partial charge in [0.1, 0.15) is 11.7 Å². The number of aliphatic hydroxyl groups excluding tert-OH is 2.